The molecule has 0 aromatic heterocycles. The highest BCUT2D eigenvalue weighted by atomic mass is 16.6. The maximum Gasteiger partial charge on any atom is 0.437 e. The second-order valence-electron chi connectivity index (χ2n) is 6.36. The number of aliphatic imine (C=N–C) groups is 1. The van der Waals surface area contributed by atoms with Crippen molar-refractivity contribution in [2.75, 3.05) is 5.32 Å². The molecule has 0 bridgehead atoms. The highest BCUT2D eigenvalue weighted by Gasteiger charge is 2.12. The zero-order valence-corrected chi connectivity index (χ0v) is 16.5. The number of phenolic OH excluding ortho intramolecular Hbond substituents is 1. The average Bonchev–Trinajstić information content (AvgIpc) is 2.79. The third kappa shape index (κ3) is 7.54. The van der Waals surface area contributed by atoms with Gasteiger partial charge in [0.15, 0.2) is 0 Å². The Morgan fingerprint density at radius 1 is 0.774 bits per heavy atom. The van der Waals surface area contributed by atoms with Crippen molar-refractivity contribution in [3.63, 3.8) is 0 Å². The molecule has 2 amide bonds. The minimum atomic E-state index is -0.895. The van der Waals surface area contributed by atoms with Crippen LogP contribution in [0.5, 0.6) is 5.75 Å². The lowest BCUT2D eigenvalue weighted by atomic mass is 10.2. The molecule has 0 heterocycles. The van der Waals surface area contributed by atoms with Gasteiger partial charge in [0.2, 0.25) is 5.96 Å². The monoisotopic (exact) mass is 419 g/mol. The minimum Gasteiger partial charge on any atom is -0.508 e. The van der Waals surface area contributed by atoms with E-state index in [1.165, 1.54) is 12.1 Å². The number of phenols is 1. The van der Waals surface area contributed by atoms with E-state index in [-0.39, 0.29) is 24.9 Å². The number of amides is 2. The number of nitrogens with one attached hydrogen (secondary N) is 2. The number of alkyl carbamates (subject to hydrolysis) is 1. The summed E-state index contributed by atoms with van der Waals surface area (Å²) in [6.07, 6.45) is -1.70. The van der Waals surface area contributed by atoms with Gasteiger partial charge >= 0.3 is 12.2 Å². The van der Waals surface area contributed by atoms with Crippen molar-refractivity contribution in [1.29, 1.82) is 0 Å². The van der Waals surface area contributed by atoms with E-state index >= 15 is 0 Å². The molecule has 0 aliphatic rings. The second-order valence-corrected chi connectivity index (χ2v) is 6.36. The molecule has 158 valence electrons. The third-order valence-corrected chi connectivity index (χ3v) is 3.97. The smallest absolute Gasteiger partial charge is 0.437 e. The predicted octanol–water partition coefficient (Wildman–Crippen LogP) is 4.42. The van der Waals surface area contributed by atoms with Gasteiger partial charge in [-0.25, -0.2) is 9.59 Å². The van der Waals surface area contributed by atoms with Crippen LogP contribution in [0.2, 0.25) is 0 Å². The topological polar surface area (TPSA) is 109 Å². The van der Waals surface area contributed by atoms with Crippen molar-refractivity contribution in [2.24, 2.45) is 4.99 Å². The Hall–Kier alpha value is -4.33. The van der Waals surface area contributed by atoms with Gasteiger partial charge in [0.1, 0.15) is 19.0 Å². The Morgan fingerprint density at radius 3 is 1.90 bits per heavy atom. The summed E-state index contributed by atoms with van der Waals surface area (Å²) in [4.78, 5) is 28.1. The van der Waals surface area contributed by atoms with Gasteiger partial charge < -0.3 is 19.9 Å². The molecule has 3 aromatic rings. The zero-order valence-electron chi connectivity index (χ0n) is 16.5. The Kier molecular flexibility index (Phi) is 7.59. The number of carbonyl (C=O) groups is 2. The molecule has 3 N–H and O–H groups in total. The van der Waals surface area contributed by atoms with E-state index in [1.807, 2.05) is 60.7 Å². The number of benzene rings is 3. The van der Waals surface area contributed by atoms with Crippen LogP contribution in [0.15, 0.2) is 89.9 Å². The van der Waals surface area contributed by atoms with Gasteiger partial charge in [0.25, 0.3) is 0 Å². The van der Waals surface area contributed by atoms with Crippen LogP contribution < -0.4 is 10.6 Å². The molecule has 0 atom stereocenters. The first-order valence-electron chi connectivity index (χ1n) is 9.41. The molecule has 3 aromatic carbocycles. The number of hydrogen-bond acceptors (Lipinski definition) is 5. The van der Waals surface area contributed by atoms with E-state index in [0.717, 1.165) is 11.1 Å². The minimum absolute atomic E-state index is 0.0358. The summed E-state index contributed by atoms with van der Waals surface area (Å²) in [6, 6.07) is 24.3. The van der Waals surface area contributed by atoms with Gasteiger partial charge in [-0.2, -0.15) is 0 Å². The Labute approximate surface area is 179 Å². The van der Waals surface area contributed by atoms with Gasteiger partial charge in [-0.05, 0) is 35.4 Å². The summed E-state index contributed by atoms with van der Waals surface area (Å²) < 4.78 is 10.3. The van der Waals surface area contributed by atoms with E-state index in [4.69, 9.17) is 9.47 Å². The van der Waals surface area contributed by atoms with Crippen LogP contribution in [0, 0.1) is 0 Å². The highest BCUT2D eigenvalue weighted by Crippen LogP contribution is 2.13. The van der Waals surface area contributed by atoms with Gasteiger partial charge in [-0.3, -0.25) is 5.32 Å². The molecule has 8 heteroatoms. The summed E-state index contributed by atoms with van der Waals surface area (Å²) in [5.41, 5.74) is 2.09. The molecule has 0 saturated carbocycles. The van der Waals surface area contributed by atoms with Crippen LogP contribution >= 0.6 is 0 Å². The number of aromatic hydroxyl groups is 1. The zero-order chi connectivity index (χ0) is 21.9. The fourth-order valence-electron chi connectivity index (χ4n) is 2.47. The number of anilines is 1. The SMILES string of the molecule is O=C(/N=C(/NC(=O)OCc1ccccc1)Nc1ccc(O)cc1)OCc1ccccc1. The van der Waals surface area contributed by atoms with E-state index in [1.54, 1.807) is 12.1 Å². The standard InChI is InChI=1S/C23H21N3O5/c27-20-13-11-19(12-14-20)24-21(25-22(28)30-15-17-7-3-1-4-8-17)26-23(29)31-16-18-9-5-2-6-10-18/h1-14,27H,15-16H2,(H2,24,25,26,28,29). The molecule has 8 nitrogen and oxygen atoms in total. The number of hydrogen-bond donors (Lipinski definition) is 3. The van der Waals surface area contributed by atoms with Crippen molar-refractivity contribution in [1.82, 2.24) is 5.32 Å². The number of nitrogens with zero attached hydrogens (tertiary/aromatic N) is 1. The lowest BCUT2D eigenvalue weighted by Crippen LogP contribution is -2.37. The predicted molar refractivity (Wildman–Crippen MR) is 116 cm³/mol. The first kappa shape index (κ1) is 21.4. The van der Waals surface area contributed by atoms with Crippen LogP contribution in [0.4, 0.5) is 15.3 Å². The van der Waals surface area contributed by atoms with E-state index in [2.05, 4.69) is 15.6 Å². The van der Waals surface area contributed by atoms with Crippen molar-refractivity contribution in [2.45, 2.75) is 13.2 Å². The van der Waals surface area contributed by atoms with Gasteiger partial charge in [0, 0.05) is 5.69 Å². The molecule has 0 radical (unpaired) electrons. The highest BCUT2D eigenvalue weighted by molar-refractivity contribution is 6.06. The van der Waals surface area contributed by atoms with Crippen LogP contribution in [0.3, 0.4) is 0 Å². The Morgan fingerprint density at radius 2 is 1.32 bits per heavy atom. The van der Waals surface area contributed by atoms with Crippen LogP contribution in [0.25, 0.3) is 0 Å². The fourth-order valence-corrected chi connectivity index (χ4v) is 2.47. The van der Waals surface area contributed by atoms with Crippen LogP contribution in [0.1, 0.15) is 11.1 Å². The van der Waals surface area contributed by atoms with E-state index in [0.29, 0.717) is 5.69 Å². The Bertz CT molecular complexity index is 1020. The summed E-state index contributed by atoms with van der Waals surface area (Å²) >= 11 is 0. The van der Waals surface area contributed by atoms with Crippen molar-refractivity contribution in [3.8, 4) is 5.75 Å². The molecule has 0 spiro atoms. The quantitative estimate of drug-likeness (QED) is 0.321. The normalized spacial score (nSPS) is 10.8. The van der Waals surface area contributed by atoms with E-state index < -0.39 is 12.2 Å². The molecule has 3 rings (SSSR count). The number of ether oxygens (including phenoxy) is 2. The molecule has 0 unspecified atom stereocenters. The average molecular weight is 419 g/mol. The number of carbonyl (C=O) groups excluding carboxylic acids is 2. The molecule has 31 heavy (non-hydrogen) atoms. The molecule has 0 saturated heterocycles. The number of rotatable bonds is 5. The van der Waals surface area contributed by atoms with E-state index in [9.17, 15) is 14.7 Å². The van der Waals surface area contributed by atoms with Crippen molar-refractivity contribution >= 4 is 23.8 Å². The van der Waals surface area contributed by atoms with Crippen LogP contribution in [-0.2, 0) is 22.7 Å². The van der Waals surface area contributed by atoms with Crippen molar-refractivity contribution in [3.05, 3.63) is 96.1 Å². The summed E-state index contributed by atoms with van der Waals surface area (Å²) in [6.45, 7) is 0.0890. The second kappa shape index (κ2) is 11.0. The summed E-state index contributed by atoms with van der Waals surface area (Å²) in [5, 5.41) is 14.6. The lowest BCUT2D eigenvalue weighted by Gasteiger charge is -2.12. The molecular weight excluding hydrogens is 398 g/mol. The van der Waals surface area contributed by atoms with Gasteiger partial charge in [-0.15, -0.1) is 4.99 Å². The lowest BCUT2D eigenvalue weighted by molar-refractivity contribution is 0.144. The number of guanidine groups is 1. The molecule has 0 aliphatic heterocycles. The molecular formula is C23H21N3O5. The first-order chi connectivity index (χ1) is 15.1. The van der Waals surface area contributed by atoms with Crippen LogP contribution in [-0.4, -0.2) is 23.3 Å². The van der Waals surface area contributed by atoms with Gasteiger partial charge in [-0.1, -0.05) is 60.7 Å². The molecule has 0 aliphatic carbocycles. The molecule has 0 fully saturated rings. The maximum absolute atomic E-state index is 12.2. The van der Waals surface area contributed by atoms with Crippen molar-refractivity contribution < 1.29 is 24.2 Å². The summed E-state index contributed by atoms with van der Waals surface area (Å²) in [7, 11) is 0. The summed E-state index contributed by atoms with van der Waals surface area (Å²) in [5.74, 6) is -0.108. The first-order valence-corrected chi connectivity index (χ1v) is 9.41. The third-order valence-electron chi connectivity index (χ3n) is 3.97. The Balaban J connectivity index is 1.64. The largest absolute Gasteiger partial charge is 0.508 e. The van der Waals surface area contributed by atoms with Gasteiger partial charge in [0.05, 0.1) is 0 Å². The fraction of sp³-hybridized carbons (Fsp3) is 0.0870. The maximum atomic E-state index is 12.2.